The molecule has 0 bridgehead atoms. The molecule has 0 unspecified atom stereocenters. The van der Waals surface area contributed by atoms with Crippen LogP contribution in [0.4, 0.5) is 11.4 Å². The third-order valence-corrected chi connectivity index (χ3v) is 5.07. The van der Waals surface area contributed by atoms with Gasteiger partial charge in [-0.1, -0.05) is 29.8 Å². The van der Waals surface area contributed by atoms with E-state index < -0.39 is 15.9 Å². The van der Waals surface area contributed by atoms with Crippen molar-refractivity contribution in [2.75, 3.05) is 22.4 Å². The average molecular weight is 367 g/mol. The molecule has 0 saturated carbocycles. The lowest BCUT2D eigenvalue weighted by molar-refractivity contribution is -0.114. The quantitative estimate of drug-likeness (QED) is 0.882. The van der Waals surface area contributed by atoms with E-state index in [9.17, 15) is 13.2 Å². The van der Waals surface area contributed by atoms with Crippen LogP contribution in [0.15, 0.2) is 42.5 Å². The predicted octanol–water partition coefficient (Wildman–Crippen LogP) is 3.36. The van der Waals surface area contributed by atoms with E-state index >= 15 is 0 Å². The number of nitrogens with zero attached hydrogens (tertiary/aromatic N) is 1. The summed E-state index contributed by atoms with van der Waals surface area (Å²) in [6.45, 7) is 3.33. The molecule has 2 rings (SSSR count). The van der Waals surface area contributed by atoms with Crippen LogP contribution in [0.25, 0.3) is 0 Å². The van der Waals surface area contributed by atoms with Crippen LogP contribution < -0.4 is 9.62 Å². The van der Waals surface area contributed by atoms with Crippen molar-refractivity contribution in [2.24, 2.45) is 0 Å². The Morgan fingerprint density at radius 1 is 1.17 bits per heavy atom. The number of amides is 1. The van der Waals surface area contributed by atoms with Crippen molar-refractivity contribution >= 4 is 38.9 Å². The van der Waals surface area contributed by atoms with Crippen molar-refractivity contribution in [3.8, 4) is 0 Å². The molecule has 0 aliphatic carbocycles. The molecular formula is C17H19ClN2O3S. The highest BCUT2D eigenvalue weighted by atomic mass is 35.5. The minimum atomic E-state index is -3.59. The number of sulfonamides is 1. The van der Waals surface area contributed by atoms with Crippen LogP contribution in [0.2, 0.25) is 5.02 Å². The Morgan fingerprint density at radius 2 is 1.83 bits per heavy atom. The molecule has 128 valence electrons. The number of rotatable bonds is 5. The number of halogens is 1. The molecule has 1 amide bonds. The highest BCUT2D eigenvalue weighted by Crippen LogP contribution is 2.23. The third kappa shape index (κ3) is 4.49. The van der Waals surface area contributed by atoms with E-state index in [2.05, 4.69) is 5.32 Å². The van der Waals surface area contributed by atoms with Crippen molar-refractivity contribution in [1.82, 2.24) is 0 Å². The van der Waals surface area contributed by atoms with Gasteiger partial charge in [-0.25, -0.2) is 8.42 Å². The molecule has 0 fully saturated rings. The van der Waals surface area contributed by atoms with Crippen LogP contribution in [-0.2, 0) is 14.8 Å². The van der Waals surface area contributed by atoms with Crippen LogP contribution in [0.5, 0.6) is 0 Å². The Bertz CT molecular complexity index is 866. The lowest BCUT2D eigenvalue weighted by atomic mass is 10.2. The molecular weight excluding hydrogens is 348 g/mol. The second-order valence-corrected chi connectivity index (χ2v) is 7.88. The van der Waals surface area contributed by atoms with Gasteiger partial charge in [0.2, 0.25) is 15.9 Å². The number of hydrogen-bond donors (Lipinski definition) is 1. The van der Waals surface area contributed by atoms with Crippen molar-refractivity contribution in [2.45, 2.75) is 13.8 Å². The topological polar surface area (TPSA) is 66.5 Å². The van der Waals surface area contributed by atoms with Gasteiger partial charge in [-0.2, -0.15) is 0 Å². The van der Waals surface area contributed by atoms with Gasteiger partial charge in [0.05, 0.1) is 11.9 Å². The SMILES string of the molecule is Cc1cccc(N(CC(=O)Nc2cccc(Cl)c2C)S(C)(=O)=O)c1. The number of carbonyl (C=O) groups excluding carboxylic acids is 1. The molecule has 24 heavy (non-hydrogen) atoms. The van der Waals surface area contributed by atoms with E-state index in [1.165, 1.54) is 0 Å². The molecule has 7 heteroatoms. The normalized spacial score (nSPS) is 11.2. The highest BCUT2D eigenvalue weighted by Gasteiger charge is 2.21. The third-order valence-electron chi connectivity index (χ3n) is 3.52. The van der Waals surface area contributed by atoms with E-state index in [0.717, 1.165) is 21.7 Å². The minimum Gasteiger partial charge on any atom is -0.324 e. The minimum absolute atomic E-state index is 0.311. The maximum atomic E-state index is 12.3. The number of aryl methyl sites for hydroxylation is 1. The van der Waals surface area contributed by atoms with Gasteiger partial charge in [-0.15, -0.1) is 0 Å². The van der Waals surface area contributed by atoms with E-state index in [0.29, 0.717) is 16.4 Å². The molecule has 0 saturated heterocycles. The lowest BCUT2D eigenvalue weighted by Crippen LogP contribution is -2.37. The number of benzene rings is 2. The van der Waals surface area contributed by atoms with Crippen LogP contribution in [0.1, 0.15) is 11.1 Å². The summed E-state index contributed by atoms with van der Waals surface area (Å²) in [5, 5.41) is 3.24. The fraction of sp³-hybridized carbons (Fsp3) is 0.235. The van der Waals surface area contributed by atoms with Gasteiger partial charge in [0.25, 0.3) is 0 Å². The molecule has 2 aromatic carbocycles. The van der Waals surface area contributed by atoms with Crippen molar-refractivity contribution in [3.05, 3.63) is 58.6 Å². The van der Waals surface area contributed by atoms with E-state index in [1.807, 2.05) is 13.0 Å². The standard InChI is InChI=1S/C17H19ClN2O3S/c1-12-6-4-7-14(10-12)20(24(3,22)23)11-17(21)19-16-9-5-8-15(18)13(16)2/h4-10H,11H2,1-3H3,(H,19,21). The first-order chi connectivity index (χ1) is 11.2. The Morgan fingerprint density at radius 3 is 2.46 bits per heavy atom. The second-order valence-electron chi connectivity index (χ2n) is 5.57. The summed E-state index contributed by atoms with van der Waals surface area (Å²) in [7, 11) is -3.59. The molecule has 0 aliphatic rings. The molecule has 0 spiro atoms. The maximum Gasteiger partial charge on any atom is 0.245 e. The van der Waals surface area contributed by atoms with Crippen LogP contribution in [0, 0.1) is 13.8 Å². The van der Waals surface area contributed by atoms with Crippen LogP contribution >= 0.6 is 11.6 Å². The molecule has 0 aromatic heterocycles. The average Bonchev–Trinajstić information content (AvgIpc) is 2.48. The number of anilines is 2. The second kappa shape index (κ2) is 7.23. The summed E-state index contributed by atoms with van der Waals surface area (Å²) in [6, 6.07) is 12.2. The summed E-state index contributed by atoms with van der Waals surface area (Å²) in [6.07, 6.45) is 1.08. The lowest BCUT2D eigenvalue weighted by Gasteiger charge is -2.22. The summed E-state index contributed by atoms with van der Waals surface area (Å²) < 4.78 is 25.2. The number of hydrogen-bond acceptors (Lipinski definition) is 3. The number of nitrogens with one attached hydrogen (secondary N) is 1. The summed E-state index contributed by atoms with van der Waals surface area (Å²) >= 11 is 6.03. The van der Waals surface area contributed by atoms with Gasteiger partial charge >= 0.3 is 0 Å². The Hall–Kier alpha value is -2.05. The van der Waals surface area contributed by atoms with E-state index in [4.69, 9.17) is 11.6 Å². The highest BCUT2D eigenvalue weighted by molar-refractivity contribution is 7.92. The molecule has 2 aromatic rings. The monoisotopic (exact) mass is 366 g/mol. The summed E-state index contributed by atoms with van der Waals surface area (Å²) in [5.41, 5.74) is 2.65. The van der Waals surface area contributed by atoms with Crippen LogP contribution in [0.3, 0.4) is 0 Å². The maximum absolute atomic E-state index is 12.3. The first-order valence-corrected chi connectivity index (χ1v) is 9.50. The van der Waals surface area contributed by atoms with Gasteiger partial charge in [0.1, 0.15) is 6.54 Å². The fourth-order valence-electron chi connectivity index (χ4n) is 2.25. The van der Waals surface area contributed by atoms with Gasteiger partial charge in [-0.05, 0) is 49.2 Å². The number of carbonyl (C=O) groups is 1. The van der Waals surface area contributed by atoms with Gasteiger partial charge in [0, 0.05) is 10.7 Å². The Kier molecular flexibility index (Phi) is 5.51. The van der Waals surface area contributed by atoms with Gasteiger partial charge < -0.3 is 5.32 Å². The zero-order valence-corrected chi connectivity index (χ0v) is 15.3. The zero-order valence-electron chi connectivity index (χ0n) is 13.7. The molecule has 0 radical (unpaired) electrons. The zero-order chi connectivity index (χ0) is 17.9. The van der Waals surface area contributed by atoms with E-state index in [-0.39, 0.29) is 6.54 Å². The predicted molar refractivity (Wildman–Crippen MR) is 98.2 cm³/mol. The largest absolute Gasteiger partial charge is 0.324 e. The molecule has 5 nitrogen and oxygen atoms in total. The first kappa shape index (κ1) is 18.3. The van der Waals surface area contributed by atoms with Crippen molar-refractivity contribution < 1.29 is 13.2 Å². The summed E-state index contributed by atoms with van der Waals surface area (Å²) in [5.74, 6) is -0.438. The molecule has 0 heterocycles. The Balaban J connectivity index is 2.24. The molecule has 0 aliphatic heterocycles. The fourth-order valence-corrected chi connectivity index (χ4v) is 3.27. The van der Waals surface area contributed by atoms with Gasteiger partial charge in [0.15, 0.2) is 0 Å². The molecule has 0 atom stereocenters. The van der Waals surface area contributed by atoms with Gasteiger partial charge in [-0.3, -0.25) is 9.10 Å². The summed E-state index contributed by atoms with van der Waals surface area (Å²) in [4.78, 5) is 12.3. The van der Waals surface area contributed by atoms with Crippen molar-refractivity contribution in [3.63, 3.8) is 0 Å². The first-order valence-electron chi connectivity index (χ1n) is 7.28. The Labute approximate surface area is 147 Å². The molecule has 1 N–H and O–H groups in total. The van der Waals surface area contributed by atoms with E-state index in [1.54, 1.807) is 43.3 Å². The van der Waals surface area contributed by atoms with Crippen LogP contribution in [-0.4, -0.2) is 27.1 Å². The van der Waals surface area contributed by atoms with Crippen molar-refractivity contribution in [1.29, 1.82) is 0 Å². The smallest absolute Gasteiger partial charge is 0.245 e.